The normalized spacial score (nSPS) is 44.2. The quantitative estimate of drug-likeness (QED) is 0.809. The highest BCUT2D eigenvalue weighted by molar-refractivity contribution is 5.01. The zero-order valence-corrected chi connectivity index (χ0v) is 12.8. The van der Waals surface area contributed by atoms with Gasteiger partial charge in [-0.2, -0.15) is 0 Å². The Balaban J connectivity index is 2.05. The summed E-state index contributed by atoms with van der Waals surface area (Å²) in [4.78, 5) is 0. The fraction of sp³-hybridized carbons (Fsp3) is 1.00. The smallest absolute Gasteiger partial charge is 0.0314 e. The van der Waals surface area contributed by atoms with Crippen molar-refractivity contribution < 1.29 is 0 Å². The molecule has 0 amide bonds. The molecule has 4 atom stereocenters. The van der Waals surface area contributed by atoms with Crippen molar-refractivity contribution >= 4 is 0 Å². The number of rotatable bonds is 3. The van der Waals surface area contributed by atoms with E-state index in [1.807, 2.05) is 0 Å². The van der Waals surface area contributed by atoms with Crippen LogP contribution in [0.15, 0.2) is 0 Å². The maximum Gasteiger partial charge on any atom is 0.0314 e. The molecular formula is C16H32N2. The van der Waals surface area contributed by atoms with Crippen LogP contribution in [-0.4, -0.2) is 18.1 Å². The Bertz CT molecular complexity index is 287. The van der Waals surface area contributed by atoms with E-state index >= 15 is 0 Å². The first kappa shape index (κ1) is 14.3. The minimum Gasteiger partial charge on any atom is -0.329 e. The van der Waals surface area contributed by atoms with Crippen LogP contribution in [0, 0.1) is 17.3 Å². The molecule has 0 aliphatic heterocycles. The molecule has 18 heavy (non-hydrogen) atoms. The molecule has 106 valence electrons. The molecule has 2 rings (SSSR count). The van der Waals surface area contributed by atoms with Gasteiger partial charge in [0.2, 0.25) is 0 Å². The van der Waals surface area contributed by atoms with Crippen molar-refractivity contribution in [1.29, 1.82) is 0 Å². The third-order valence-corrected chi connectivity index (χ3v) is 5.05. The highest BCUT2D eigenvalue weighted by atomic mass is 15.0. The molecule has 0 spiro atoms. The summed E-state index contributed by atoms with van der Waals surface area (Å²) in [5, 5.41) is 3.97. The van der Waals surface area contributed by atoms with Gasteiger partial charge >= 0.3 is 0 Å². The van der Waals surface area contributed by atoms with Gasteiger partial charge in [0.15, 0.2) is 0 Å². The second-order valence-corrected chi connectivity index (χ2v) is 8.10. The van der Waals surface area contributed by atoms with Gasteiger partial charge in [-0.1, -0.05) is 27.7 Å². The molecule has 0 aromatic rings. The van der Waals surface area contributed by atoms with Gasteiger partial charge in [0.1, 0.15) is 0 Å². The second kappa shape index (κ2) is 5.13. The Hall–Kier alpha value is -0.0800. The first-order valence-corrected chi connectivity index (χ1v) is 7.82. The van der Waals surface area contributed by atoms with E-state index in [4.69, 9.17) is 5.73 Å². The second-order valence-electron chi connectivity index (χ2n) is 8.10. The number of hydrogen-bond donors (Lipinski definition) is 2. The third kappa shape index (κ3) is 3.27. The first-order valence-electron chi connectivity index (χ1n) is 7.82. The van der Waals surface area contributed by atoms with Crippen molar-refractivity contribution in [3.05, 3.63) is 0 Å². The highest BCUT2D eigenvalue weighted by Crippen LogP contribution is 2.44. The molecule has 0 heterocycles. The predicted octanol–water partition coefficient (Wildman–Crippen LogP) is 3.31. The molecule has 3 N–H and O–H groups in total. The highest BCUT2D eigenvalue weighted by Gasteiger charge is 2.43. The molecule has 0 aromatic heterocycles. The largest absolute Gasteiger partial charge is 0.329 e. The summed E-state index contributed by atoms with van der Waals surface area (Å²) >= 11 is 0. The number of nitrogens with one attached hydrogen (secondary N) is 1. The Kier molecular flexibility index (Phi) is 4.08. The number of nitrogens with two attached hydrogens (primary N) is 1. The topological polar surface area (TPSA) is 38.0 Å². The van der Waals surface area contributed by atoms with E-state index in [1.165, 1.54) is 38.5 Å². The zero-order chi connectivity index (χ0) is 13.4. The summed E-state index contributed by atoms with van der Waals surface area (Å²) in [6.07, 6.45) is 7.92. The minimum absolute atomic E-state index is 0.204. The average molecular weight is 252 g/mol. The molecule has 2 heteroatoms. The van der Waals surface area contributed by atoms with Crippen molar-refractivity contribution in [1.82, 2.24) is 5.32 Å². The van der Waals surface area contributed by atoms with Gasteiger partial charge in [0.25, 0.3) is 0 Å². The first-order chi connectivity index (χ1) is 8.34. The van der Waals surface area contributed by atoms with Crippen molar-refractivity contribution in [2.75, 3.05) is 6.54 Å². The minimum atomic E-state index is 0.204. The van der Waals surface area contributed by atoms with Crippen LogP contribution in [-0.2, 0) is 0 Å². The lowest BCUT2D eigenvalue weighted by molar-refractivity contribution is 0.0773. The van der Waals surface area contributed by atoms with Crippen LogP contribution in [0.3, 0.4) is 0 Å². The van der Waals surface area contributed by atoms with Crippen LogP contribution in [0.1, 0.15) is 66.2 Å². The standard InChI is InChI=1S/C16H32N2/c1-12-5-6-14(7-12)18-16(11-17)9-13(2)8-15(3,4)10-16/h12-14,18H,5-11,17H2,1-4H3. The maximum atomic E-state index is 6.17. The summed E-state index contributed by atoms with van der Waals surface area (Å²) in [5.74, 6) is 1.69. The van der Waals surface area contributed by atoms with Crippen molar-refractivity contribution in [3.63, 3.8) is 0 Å². The fourth-order valence-electron chi connectivity index (χ4n) is 4.84. The molecule has 0 radical (unpaired) electrons. The lowest BCUT2D eigenvalue weighted by Crippen LogP contribution is -2.59. The van der Waals surface area contributed by atoms with Gasteiger partial charge in [-0.3, -0.25) is 0 Å². The number of hydrogen-bond acceptors (Lipinski definition) is 2. The van der Waals surface area contributed by atoms with Crippen LogP contribution < -0.4 is 11.1 Å². The molecule has 0 saturated heterocycles. The van der Waals surface area contributed by atoms with Crippen LogP contribution in [0.25, 0.3) is 0 Å². The third-order valence-electron chi connectivity index (χ3n) is 5.05. The van der Waals surface area contributed by atoms with E-state index in [0.29, 0.717) is 11.5 Å². The molecule has 4 unspecified atom stereocenters. The summed E-state index contributed by atoms with van der Waals surface area (Å²) in [7, 11) is 0. The molecule has 2 fully saturated rings. The summed E-state index contributed by atoms with van der Waals surface area (Å²) < 4.78 is 0. The van der Waals surface area contributed by atoms with Crippen LogP contribution >= 0.6 is 0 Å². The molecule has 2 aliphatic rings. The SMILES string of the molecule is CC1CCC(NC2(CN)CC(C)CC(C)(C)C2)C1. The lowest BCUT2D eigenvalue weighted by Gasteiger charge is -2.49. The molecule has 0 aromatic carbocycles. The van der Waals surface area contributed by atoms with Gasteiger partial charge < -0.3 is 11.1 Å². The molecule has 0 bridgehead atoms. The molecule has 2 nitrogen and oxygen atoms in total. The molecule has 2 aliphatic carbocycles. The summed E-state index contributed by atoms with van der Waals surface area (Å²) in [6, 6.07) is 0.713. The Morgan fingerprint density at radius 3 is 2.33 bits per heavy atom. The average Bonchev–Trinajstić information content (AvgIpc) is 2.60. The molecule has 2 saturated carbocycles. The van der Waals surface area contributed by atoms with Crippen LogP contribution in [0.4, 0.5) is 0 Å². The lowest BCUT2D eigenvalue weighted by atomic mass is 9.64. The Morgan fingerprint density at radius 2 is 1.83 bits per heavy atom. The van der Waals surface area contributed by atoms with Gasteiger partial charge in [0, 0.05) is 18.1 Å². The summed E-state index contributed by atoms with van der Waals surface area (Å²) in [5.41, 5.74) is 6.81. The monoisotopic (exact) mass is 252 g/mol. The summed E-state index contributed by atoms with van der Waals surface area (Å²) in [6.45, 7) is 10.4. The maximum absolute atomic E-state index is 6.17. The van der Waals surface area contributed by atoms with Crippen LogP contribution in [0.2, 0.25) is 0 Å². The van der Waals surface area contributed by atoms with Crippen molar-refractivity contribution in [3.8, 4) is 0 Å². The zero-order valence-electron chi connectivity index (χ0n) is 12.8. The Labute approximate surface area is 113 Å². The predicted molar refractivity (Wildman–Crippen MR) is 78.5 cm³/mol. The van der Waals surface area contributed by atoms with E-state index in [1.54, 1.807) is 0 Å². The van der Waals surface area contributed by atoms with E-state index < -0.39 is 0 Å². The van der Waals surface area contributed by atoms with Crippen molar-refractivity contribution in [2.24, 2.45) is 23.0 Å². The van der Waals surface area contributed by atoms with Gasteiger partial charge in [0.05, 0.1) is 0 Å². The van der Waals surface area contributed by atoms with Gasteiger partial charge in [-0.05, 0) is 55.8 Å². The van der Waals surface area contributed by atoms with E-state index in [0.717, 1.165) is 18.4 Å². The van der Waals surface area contributed by atoms with Gasteiger partial charge in [-0.25, -0.2) is 0 Å². The van der Waals surface area contributed by atoms with E-state index in [2.05, 4.69) is 33.0 Å². The van der Waals surface area contributed by atoms with E-state index in [9.17, 15) is 0 Å². The van der Waals surface area contributed by atoms with Gasteiger partial charge in [-0.15, -0.1) is 0 Å². The molecular weight excluding hydrogens is 220 g/mol. The fourth-order valence-corrected chi connectivity index (χ4v) is 4.84. The Morgan fingerprint density at radius 1 is 1.11 bits per heavy atom. The van der Waals surface area contributed by atoms with Crippen LogP contribution in [0.5, 0.6) is 0 Å². The van der Waals surface area contributed by atoms with E-state index in [-0.39, 0.29) is 5.54 Å². The van der Waals surface area contributed by atoms with Crippen molar-refractivity contribution in [2.45, 2.75) is 77.8 Å².